The molecule has 0 spiro atoms. The summed E-state index contributed by atoms with van der Waals surface area (Å²) in [6.45, 7) is 0. The average molecular weight is 129 g/mol. The number of nitrogens with zero attached hydrogens (tertiary/aromatic N) is 2. The molecular weight excluding hydrogens is 124 g/mol. The molecule has 0 amide bonds. The van der Waals surface area contributed by atoms with Gasteiger partial charge in [0, 0.05) is 17.8 Å². The van der Waals surface area contributed by atoms with Gasteiger partial charge in [-0.05, 0) is 18.2 Å². The van der Waals surface area contributed by atoms with Crippen molar-refractivity contribution in [2.24, 2.45) is 0 Å². The van der Waals surface area contributed by atoms with E-state index in [1.165, 1.54) is 0 Å². The minimum atomic E-state index is 0.942. The summed E-state index contributed by atoms with van der Waals surface area (Å²) in [5.74, 6) is 0. The van der Waals surface area contributed by atoms with Gasteiger partial charge >= 0.3 is 0 Å². The second-order valence-corrected chi connectivity index (χ2v) is 1.99. The molecule has 10 heavy (non-hydrogen) atoms. The van der Waals surface area contributed by atoms with E-state index in [0.717, 1.165) is 10.9 Å². The Hall–Kier alpha value is -1.44. The molecule has 2 rings (SSSR count). The van der Waals surface area contributed by atoms with Gasteiger partial charge in [0.25, 0.3) is 0 Å². The minimum Gasteiger partial charge on any atom is -0.256 e. The molecule has 0 aliphatic heterocycles. The first-order chi connectivity index (χ1) is 4.97. The van der Waals surface area contributed by atoms with Gasteiger partial charge in [0.2, 0.25) is 0 Å². The zero-order valence-electron chi connectivity index (χ0n) is 5.28. The summed E-state index contributed by atoms with van der Waals surface area (Å²) in [6, 6.07) is 5.68. The molecule has 2 heteroatoms. The third kappa shape index (κ3) is 0.739. The quantitative estimate of drug-likeness (QED) is 0.537. The first kappa shape index (κ1) is 5.35. The van der Waals surface area contributed by atoms with Crippen molar-refractivity contribution in [3.63, 3.8) is 0 Å². The van der Waals surface area contributed by atoms with Crippen molar-refractivity contribution < 1.29 is 0 Å². The predicted molar refractivity (Wildman–Crippen MR) is 38.4 cm³/mol. The Labute approximate surface area is 58.6 Å². The average Bonchev–Trinajstić information content (AvgIpc) is 2.05. The summed E-state index contributed by atoms with van der Waals surface area (Å²) in [6.07, 6.45) is 6.29. The Balaban J connectivity index is 2.89. The van der Waals surface area contributed by atoms with Crippen LogP contribution in [0.2, 0.25) is 0 Å². The highest BCUT2D eigenvalue weighted by Crippen LogP contribution is 2.05. The maximum atomic E-state index is 4.11. The second-order valence-electron chi connectivity index (χ2n) is 1.99. The van der Waals surface area contributed by atoms with E-state index in [-0.39, 0.29) is 0 Å². The molecule has 1 radical (unpaired) electrons. The van der Waals surface area contributed by atoms with Gasteiger partial charge in [0.15, 0.2) is 0 Å². The highest BCUT2D eigenvalue weighted by atomic mass is 14.7. The number of fused-ring (bicyclic) bond motifs is 1. The van der Waals surface area contributed by atoms with Crippen LogP contribution in [0.5, 0.6) is 0 Å². The van der Waals surface area contributed by atoms with Gasteiger partial charge < -0.3 is 0 Å². The van der Waals surface area contributed by atoms with Crippen molar-refractivity contribution in [3.8, 4) is 0 Å². The van der Waals surface area contributed by atoms with Crippen LogP contribution in [0.4, 0.5) is 0 Å². The molecule has 0 unspecified atom stereocenters. The number of aromatic nitrogens is 2. The Kier molecular flexibility index (Phi) is 1.10. The fourth-order valence-electron chi connectivity index (χ4n) is 0.860. The van der Waals surface area contributed by atoms with E-state index in [2.05, 4.69) is 16.2 Å². The molecule has 47 valence electrons. The Morgan fingerprint density at radius 3 is 3.10 bits per heavy atom. The van der Waals surface area contributed by atoms with Crippen molar-refractivity contribution in [1.29, 1.82) is 0 Å². The van der Waals surface area contributed by atoms with E-state index in [4.69, 9.17) is 0 Å². The van der Waals surface area contributed by atoms with Crippen LogP contribution in [-0.2, 0) is 0 Å². The van der Waals surface area contributed by atoms with E-state index in [1.807, 2.05) is 18.2 Å². The fraction of sp³-hybridized carbons (Fsp3) is 0. The molecule has 0 atom stereocenters. The molecule has 0 aromatic carbocycles. The van der Waals surface area contributed by atoms with Gasteiger partial charge in [-0.2, -0.15) is 0 Å². The fourth-order valence-corrected chi connectivity index (χ4v) is 0.860. The summed E-state index contributed by atoms with van der Waals surface area (Å²) >= 11 is 0. The van der Waals surface area contributed by atoms with Crippen molar-refractivity contribution in [2.75, 3.05) is 0 Å². The third-order valence-corrected chi connectivity index (χ3v) is 1.33. The normalized spacial score (nSPS) is 10.0. The summed E-state index contributed by atoms with van der Waals surface area (Å²) in [5, 5.41) is 0.963. The molecule has 0 aliphatic carbocycles. The van der Waals surface area contributed by atoms with Crippen molar-refractivity contribution in [2.45, 2.75) is 0 Å². The summed E-state index contributed by atoms with van der Waals surface area (Å²) in [4.78, 5) is 7.96. The van der Waals surface area contributed by atoms with Crippen LogP contribution < -0.4 is 0 Å². The lowest BCUT2D eigenvalue weighted by atomic mass is 10.3. The van der Waals surface area contributed by atoms with Crippen molar-refractivity contribution in [3.05, 3.63) is 36.8 Å². The van der Waals surface area contributed by atoms with Gasteiger partial charge in [-0.25, -0.2) is 0 Å². The summed E-state index contributed by atoms with van der Waals surface area (Å²) in [7, 11) is 0. The molecule has 0 saturated heterocycles. The number of pyridine rings is 2. The van der Waals surface area contributed by atoms with E-state index in [9.17, 15) is 0 Å². The molecule has 2 aromatic rings. The SMILES string of the molecule is [c]1nccc2ncccc12. The molecule has 0 fully saturated rings. The lowest BCUT2D eigenvalue weighted by Crippen LogP contribution is -1.77. The lowest BCUT2D eigenvalue weighted by Gasteiger charge is -1.90. The zero-order chi connectivity index (χ0) is 6.81. The molecule has 0 saturated carbocycles. The van der Waals surface area contributed by atoms with E-state index >= 15 is 0 Å². The zero-order valence-corrected chi connectivity index (χ0v) is 5.28. The maximum Gasteiger partial charge on any atom is 0.0987 e. The maximum absolute atomic E-state index is 4.11. The van der Waals surface area contributed by atoms with Crippen LogP contribution in [0.25, 0.3) is 10.9 Å². The minimum absolute atomic E-state index is 0.942. The van der Waals surface area contributed by atoms with E-state index < -0.39 is 0 Å². The Morgan fingerprint density at radius 1 is 1.20 bits per heavy atom. The van der Waals surface area contributed by atoms with Gasteiger partial charge in [0.1, 0.15) is 0 Å². The highest BCUT2D eigenvalue weighted by molar-refractivity contribution is 5.75. The van der Waals surface area contributed by atoms with Gasteiger partial charge in [-0.3, -0.25) is 9.97 Å². The number of rotatable bonds is 0. The van der Waals surface area contributed by atoms with Crippen LogP contribution in [0, 0.1) is 6.20 Å². The summed E-state index contributed by atoms with van der Waals surface area (Å²) in [5.41, 5.74) is 0.942. The Bertz CT molecular complexity index is 278. The van der Waals surface area contributed by atoms with Crippen LogP contribution in [0.1, 0.15) is 0 Å². The molecule has 0 N–H and O–H groups in total. The first-order valence-electron chi connectivity index (χ1n) is 3.04. The summed E-state index contributed by atoms with van der Waals surface area (Å²) < 4.78 is 0. The van der Waals surface area contributed by atoms with Crippen LogP contribution >= 0.6 is 0 Å². The largest absolute Gasteiger partial charge is 0.256 e. The molecule has 2 nitrogen and oxygen atoms in total. The molecule has 2 heterocycles. The molecule has 0 bridgehead atoms. The van der Waals surface area contributed by atoms with Crippen LogP contribution in [0.15, 0.2) is 30.6 Å². The lowest BCUT2D eigenvalue weighted by molar-refractivity contribution is 1.31. The second kappa shape index (κ2) is 2.06. The highest BCUT2D eigenvalue weighted by Gasteiger charge is 1.88. The molecule has 0 aliphatic rings. The van der Waals surface area contributed by atoms with Crippen molar-refractivity contribution in [1.82, 2.24) is 9.97 Å². The van der Waals surface area contributed by atoms with Gasteiger partial charge in [-0.15, -0.1) is 0 Å². The van der Waals surface area contributed by atoms with Crippen LogP contribution in [-0.4, -0.2) is 9.97 Å². The van der Waals surface area contributed by atoms with E-state index in [1.54, 1.807) is 12.4 Å². The molecule has 2 aromatic heterocycles. The van der Waals surface area contributed by atoms with E-state index in [0.29, 0.717) is 0 Å². The topological polar surface area (TPSA) is 25.8 Å². The molecular formula is C8H5N2. The number of hydrogen-bond donors (Lipinski definition) is 0. The monoisotopic (exact) mass is 129 g/mol. The Morgan fingerprint density at radius 2 is 2.20 bits per heavy atom. The predicted octanol–water partition coefficient (Wildman–Crippen LogP) is 1.43. The third-order valence-electron chi connectivity index (χ3n) is 1.33. The number of hydrogen-bond acceptors (Lipinski definition) is 2. The van der Waals surface area contributed by atoms with Crippen LogP contribution in [0.3, 0.4) is 0 Å². The smallest absolute Gasteiger partial charge is 0.0987 e. The standard InChI is InChI=1S/C8H5N2/c1-2-7-6-9-5-3-8(7)10-4-1/h1-5H. The van der Waals surface area contributed by atoms with Crippen molar-refractivity contribution >= 4 is 10.9 Å². The van der Waals surface area contributed by atoms with Gasteiger partial charge in [-0.1, -0.05) is 0 Å². The first-order valence-corrected chi connectivity index (χ1v) is 3.04. The van der Waals surface area contributed by atoms with Gasteiger partial charge in [0.05, 0.1) is 11.7 Å².